The number of fused-ring (bicyclic) bond motifs is 1. The zero-order valence-corrected chi connectivity index (χ0v) is 13.8. The van der Waals surface area contributed by atoms with Crippen molar-refractivity contribution >= 4 is 16.7 Å². The van der Waals surface area contributed by atoms with E-state index in [9.17, 15) is 4.79 Å². The lowest BCUT2D eigenvalue weighted by molar-refractivity contribution is 0.0951. The first-order valence-electron chi connectivity index (χ1n) is 8.25. The molecule has 0 bridgehead atoms. The Hall–Kier alpha value is -2.81. The SMILES string of the molecule is CCCOc1ccc(C(=O)NCc2ccc3ccccc3c2)cc1. The Morgan fingerprint density at radius 1 is 0.958 bits per heavy atom. The summed E-state index contributed by atoms with van der Waals surface area (Å²) in [4.78, 5) is 12.3. The average Bonchev–Trinajstić information content (AvgIpc) is 2.64. The quantitative estimate of drug-likeness (QED) is 0.723. The van der Waals surface area contributed by atoms with E-state index >= 15 is 0 Å². The van der Waals surface area contributed by atoms with Crippen LogP contribution < -0.4 is 10.1 Å². The molecule has 0 unspecified atom stereocenters. The normalized spacial score (nSPS) is 10.5. The summed E-state index contributed by atoms with van der Waals surface area (Å²) in [6.45, 7) is 3.26. The fraction of sp³-hybridized carbons (Fsp3) is 0.190. The summed E-state index contributed by atoms with van der Waals surface area (Å²) in [7, 11) is 0. The highest BCUT2D eigenvalue weighted by Gasteiger charge is 2.06. The van der Waals surface area contributed by atoms with Crippen LogP contribution >= 0.6 is 0 Å². The largest absolute Gasteiger partial charge is 0.494 e. The van der Waals surface area contributed by atoms with Gasteiger partial charge in [-0.2, -0.15) is 0 Å². The van der Waals surface area contributed by atoms with E-state index in [0.717, 1.165) is 17.7 Å². The Morgan fingerprint density at radius 2 is 1.71 bits per heavy atom. The van der Waals surface area contributed by atoms with Crippen LogP contribution in [0.1, 0.15) is 29.3 Å². The van der Waals surface area contributed by atoms with Gasteiger partial charge in [-0.05, 0) is 53.1 Å². The highest BCUT2D eigenvalue weighted by atomic mass is 16.5. The number of hydrogen-bond donors (Lipinski definition) is 1. The van der Waals surface area contributed by atoms with Gasteiger partial charge in [-0.1, -0.05) is 43.3 Å². The van der Waals surface area contributed by atoms with E-state index < -0.39 is 0 Å². The molecule has 0 heterocycles. The van der Waals surface area contributed by atoms with Gasteiger partial charge in [-0.3, -0.25) is 4.79 Å². The van der Waals surface area contributed by atoms with Crippen LogP contribution in [0.15, 0.2) is 66.7 Å². The first-order valence-corrected chi connectivity index (χ1v) is 8.25. The number of nitrogens with one attached hydrogen (secondary N) is 1. The monoisotopic (exact) mass is 319 g/mol. The lowest BCUT2D eigenvalue weighted by Gasteiger charge is -2.08. The third-order valence-corrected chi connectivity index (χ3v) is 3.86. The molecule has 3 nitrogen and oxygen atoms in total. The Labute approximate surface area is 142 Å². The third kappa shape index (κ3) is 3.93. The standard InChI is InChI=1S/C21H21NO2/c1-2-13-24-20-11-9-18(10-12-20)21(23)22-15-16-7-8-17-5-3-4-6-19(17)14-16/h3-12,14H,2,13,15H2,1H3,(H,22,23). The highest BCUT2D eigenvalue weighted by Crippen LogP contribution is 2.16. The fourth-order valence-electron chi connectivity index (χ4n) is 2.56. The Kier molecular flexibility index (Phi) is 5.12. The van der Waals surface area contributed by atoms with Crippen molar-refractivity contribution in [2.24, 2.45) is 0 Å². The number of carbonyl (C=O) groups is 1. The van der Waals surface area contributed by atoms with E-state index in [0.29, 0.717) is 18.7 Å². The molecular formula is C21H21NO2. The molecule has 0 saturated heterocycles. The zero-order valence-electron chi connectivity index (χ0n) is 13.8. The number of hydrogen-bond acceptors (Lipinski definition) is 2. The van der Waals surface area contributed by atoms with E-state index in [1.807, 2.05) is 30.3 Å². The maximum atomic E-state index is 12.3. The maximum absolute atomic E-state index is 12.3. The van der Waals surface area contributed by atoms with E-state index in [-0.39, 0.29) is 5.91 Å². The van der Waals surface area contributed by atoms with Crippen molar-refractivity contribution in [2.45, 2.75) is 19.9 Å². The molecule has 0 fully saturated rings. The molecule has 122 valence electrons. The van der Waals surface area contributed by atoms with Crippen molar-refractivity contribution in [1.82, 2.24) is 5.32 Å². The highest BCUT2D eigenvalue weighted by molar-refractivity contribution is 5.94. The van der Waals surface area contributed by atoms with E-state index in [1.54, 1.807) is 12.1 Å². The molecule has 0 radical (unpaired) electrons. The van der Waals surface area contributed by atoms with Gasteiger partial charge < -0.3 is 10.1 Å². The Balaban J connectivity index is 1.61. The molecular weight excluding hydrogens is 298 g/mol. The summed E-state index contributed by atoms with van der Waals surface area (Å²) in [5.41, 5.74) is 1.73. The number of ether oxygens (including phenoxy) is 1. The molecule has 24 heavy (non-hydrogen) atoms. The molecule has 0 spiro atoms. The third-order valence-electron chi connectivity index (χ3n) is 3.86. The van der Waals surface area contributed by atoms with Gasteiger partial charge in [-0.15, -0.1) is 0 Å². The smallest absolute Gasteiger partial charge is 0.251 e. The first-order chi connectivity index (χ1) is 11.8. The topological polar surface area (TPSA) is 38.3 Å². The lowest BCUT2D eigenvalue weighted by Crippen LogP contribution is -2.22. The van der Waals surface area contributed by atoms with Crippen LogP contribution in [0.3, 0.4) is 0 Å². The summed E-state index contributed by atoms with van der Waals surface area (Å²) in [6.07, 6.45) is 0.966. The molecule has 0 aromatic heterocycles. The fourth-order valence-corrected chi connectivity index (χ4v) is 2.56. The van der Waals surface area contributed by atoms with Crippen molar-refractivity contribution in [3.8, 4) is 5.75 Å². The van der Waals surface area contributed by atoms with Crippen molar-refractivity contribution in [3.63, 3.8) is 0 Å². The predicted molar refractivity (Wildman–Crippen MR) is 97.3 cm³/mol. The molecule has 0 aliphatic carbocycles. The molecule has 1 N–H and O–H groups in total. The summed E-state index contributed by atoms with van der Waals surface area (Å²) >= 11 is 0. The first kappa shape index (κ1) is 16.1. The van der Waals surface area contributed by atoms with Gasteiger partial charge in [0.25, 0.3) is 5.91 Å². The van der Waals surface area contributed by atoms with Crippen LogP contribution in [0.2, 0.25) is 0 Å². The number of amides is 1. The minimum absolute atomic E-state index is 0.0785. The summed E-state index contributed by atoms with van der Waals surface area (Å²) in [5.74, 6) is 0.716. The van der Waals surface area contributed by atoms with E-state index in [2.05, 4.69) is 36.5 Å². The number of benzene rings is 3. The molecule has 3 heteroatoms. The molecule has 0 saturated carbocycles. The van der Waals surface area contributed by atoms with Crippen LogP contribution in [0.4, 0.5) is 0 Å². The summed E-state index contributed by atoms with van der Waals surface area (Å²) in [5, 5.41) is 5.35. The molecule has 0 atom stereocenters. The van der Waals surface area contributed by atoms with Crippen molar-refractivity contribution < 1.29 is 9.53 Å². The lowest BCUT2D eigenvalue weighted by atomic mass is 10.1. The number of rotatable bonds is 6. The van der Waals surface area contributed by atoms with Gasteiger partial charge in [0.15, 0.2) is 0 Å². The van der Waals surface area contributed by atoms with E-state index in [4.69, 9.17) is 4.74 Å². The van der Waals surface area contributed by atoms with Crippen LogP contribution in [0.25, 0.3) is 10.8 Å². The van der Waals surface area contributed by atoms with Gasteiger partial charge in [0.05, 0.1) is 6.61 Å². The van der Waals surface area contributed by atoms with Gasteiger partial charge in [-0.25, -0.2) is 0 Å². The predicted octanol–water partition coefficient (Wildman–Crippen LogP) is 4.56. The Bertz CT molecular complexity index is 825. The van der Waals surface area contributed by atoms with Gasteiger partial charge in [0, 0.05) is 12.1 Å². The van der Waals surface area contributed by atoms with Gasteiger partial charge >= 0.3 is 0 Å². The van der Waals surface area contributed by atoms with Crippen molar-refractivity contribution in [1.29, 1.82) is 0 Å². The van der Waals surface area contributed by atoms with Crippen molar-refractivity contribution in [2.75, 3.05) is 6.61 Å². The van der Waals surface area contributed by atoms with Gasteiger partial charge in [0.2, 0.25) is 0 Å². The van der Waals surface area contributed by atoms with Crippen LogP contribution in [0, 0.1) is 0 Å². The van der Waals surface area contributed by atoms with Crippen molar-refractivity contribution in [3.05, 3.63) is 77.9 Å². The van der Waals surface area contributed by atoms with Crippen LogP contribution in [-0.4, -0.2) is 12.5 Å². The molecule has 3 rings (SSSR count). The second kappa shape index (κ2) is 7.64. The average molecular weight is 319 g/mol. The molecule has 1 amide bonds. The zero-order chi connectivity index (χ0) is 16.8. The summed E-state index contributed by atoms with van der Waals surface area (Å²) in [6, 6.07) is 21.7. The second-order valence-corrected chi connectivity index (χ2v) is 5.74. The van der Waals surface area contributed by atoms with Crippen LogP contribution in [-0.2, 0) is 6.54 Å². The number of carbonyl (C=O) groups excluding carboxylic acids is 1. The van der Waals surface area contributed by atoms with Gasteiger partial charge in [0.1, 0.15) is 5.75 Å². The molecule has 0 aliphatic heterocycles. The van der Waals surface area contributed by atoms with E-state index in [1.165, 1.54) is 10.8 Å². The molecule has 0 aliphatic rings. The van der Waals surface area contributed by atoms with Crippen LogP contribution in [0.5, 0.6) is 5.75 Å². The minimum atomic E-state index is -0.0785. The second-order valence-electron chi connectivity index (χ2n) is 5.74. The summed E-state index contributed by atoms with van der Waals surface area (Å²) < 4.78 is 5.53. The molecule has 3 aromatic carbocycles. The molecule has 3 aromatic rings. The maximum Gasteiger partial charge on any atom is 0.251 e. The Morgan fingerprint density at radius 3 is 2.46 bits per heavy atom. The minimum Gasteiger partial charge on any atom is -0.494 e.